The summed E-state index contributed by atoms with van der Waals surface area (Å²) in [7, 11) is 3.64. The lowest BCUT2D eigenvalue weighted by molar-refractivity contribution is 0.341. The molecule has 0 amide bonds. The number of hydrogen-bond donors (Lipinski definition) is 1. The van der Waals surface area contributed by atoms with Crippen LogP contribution in [-0.4, -0.2) is 23.3 Å². The quantitative estimate of drug-likeness (QED) is 0.394. The van der Waals surface area contributed by atoms with Gasteiger partial charge in [0.2, 0.25) is 5.95 Å². The second-order valence-corrected chi connectivity index (χ2v) is 7.46. The van der Waals surface area contributed by atoms with Gasteiger partial charge >= 0.3 is 0 Å². The van der Waals surface area contributed by atoms with Gasteiger partial charge in [0.1, 0.15) is 11.5 Å². The molecule has 4 aromatic rings. The fraction of sp³-hybridized carbons (Fsp3) is 0.208. The molecular weight excluding hydrogens is 398 g/mol. The van der Waals surface area contributed by atoms with Gasteiger partial charge in [0.15, 0.2) is 0 Å². The lowest BCUT2D eigenvalue weighted by atomic mass is 10.0. The zero-order chi connectivity index (χ0) is 21.3. The number of ether oxygens (including phenoxy) is 2. The summed E-state index contributed by atoms with van der Waals surface area (Å²) in [4.78, 5) is 4.83. The van der Waals surface area contributed by atoms with Crippen molar-refractivity contribution in [2.75, 3.05) is 19.0 Å². The van der Waals surface area contributed by atoms with Crippen LogP contribution in [0.4, 0.5) is 11.6 Å². The lowest BCUT2D eigenvalue weighted by Crippen LogP contribution is -2.03. The van der Waals surface area contributed by atoms with Crippen molar-refractivity contribution in [3.05, 3.63) is 65.2 Å². The first-order valence-corrected chi connectivity index (χ1v) is 10.2. The normalized spacial score (nSPS) is 11.0. The van der Waals surface area contributed by atoms with E-state index in [1.165, 1.54) is 0 Å². The molecule has 0 aliphatic rings. The number of methoxy groups -OCH3 is 1. The highest BCUT2D eigenvalue weighted by molar-refractivity contribution is 6.31. The van der Waals surface area contributed by atoms with E-state index in [1.807, 2.05) is 57.3 Å². The zero-order valence-electron chi connectivity index (χ0n) is 17.5. The number of imidazole rings is 1. The number of anilines is 2. The van der Waals surface area contributed by atoms with Gasteiger partial charge in [-0.1, -0.05) is 41.9 Å². The lowest BCUT2D eigenvalue weighted by Gasteiger charge is -2.15. The summed E-state index contributed by atoms with van der Waals surface area (Å²) in [5.41, 5.74) is 5.86. The van der Waals surface area contributed by atoms with Crippen LogP contribution in [0.3, 0.4) is 0 Å². The van der Waals surface area contributed by atoms with E-state index < -0.39 is 0 Å². The van der Waals surface area contributed by atoms with Crippen LogP contribution in [0.2, 0.25) is 5.02 Å². The number of nitrogens with one attached hydrogen (secondary N) is 1. The first kappa shape index (κ1) is 20.1. The van der Waals surface area contributed by atoms with Gasteiger partial charge in [0.25, 0.3) is 0 Å². The maximum atomic E-state index is 6.19. The first-order chi connectivity index (χ1) is 14.5. The molecule has 1 aromatic heterocycles. The molecule has 3 aromatic carbocycles. The molecule has 1 N–H and O–H groups in total. The number of fused-ring (bicyclic) bond motifs is 1. The number of rotatable bonds is 6. The summed E-state index contributed by atoms with van der Waals surface area (Å²) in [5.74, 6) is 2.25. The molecule has 0 bridgehead atoms. The predicted molar refractivity (Wildman–Crippen MR) is 123 cm³/mol. The van der Waals surface area contributed by atoms with Gasteiger partial charge in [0.05, 0.1) is 30.4 Å². The van der Waals surface area contributed by atoms with Crippen molar-refractivity contribution in [2.24, 2.45) is 7.05 Å². The Morgan fingerprint density at radius 2 is 1.80 bits per heavy atom. The van der Waals surface area contributed by atoms with Crippen LogP contribution in [0.1, 0.15) is 12.5 Å². The Morgan fingerprint density at radius 1 is 1.03 bits per heavy atom. The highest BCUT2D eigenvalue weighted by Gasteiger charge is 2.17. The summed E-state index contributed by atoms with van der Waals surface area (Å²) < 4.78 is 13.5. The first-order valence-electron chi connectivity index (χ1n) is 9.82. The minimum atomic E-state index is 0.612. The van der Waals surface area contributed by atoms with Gasteiger partial charge in [-0.3, -0.25) is 0 Å². The SMILES string of the molecule is CCOc1ccccc1-c1cccc2nc(Nc3c(C)cc(Cl)cc3OC)n(C)c12. The average molecular weight is 422 g/mol. The average Bonchev–Trinajstić information content (AvgIpc) is 3.06. The molecule has 0 saturated heterocycles. The molecule has 1 heterocycles. The summed E-state index contributed by atoms with van der Waals surface area (Å²) in [6, 6.07) is 17.9. The molecule has 0 saturated carbocycles. The van der Waals surface area contributed by atoms with Crippen LogP contribution in [0.15, 0.2) is 54.6 Å². The van der Waals surface area contributed by atoms with Gasteiger partial charge < -0.3 is 19.4 Å². The highest BCUT2D eigenvalue weighted by atomic mass is 35.5. The fourth-order valence-electron chi connectivity index (χ4n) is 3.71. The number of benzene rings is 3. The fourth-order valence-corrected chi connectivity index (χ4v) is 3.98. The van der Waals surface area contributed by atoms with E-state index in [0.717, 1.165) is 45.1 Å². The molecule has 0 aliphatic heterocycles. The third-order valence-electron chi connectivity index (χ3n) is 5.09. The van der Waals surface area contributed by atoms with E-state index in [2.05, 4.69) is 22.0 Å². The molecule has 0 atom stereocenters. The number of para-hydroxylation sites is 2. The second-order valence-electron chi connectivity index (χ2n) is 7.02. The third kappa shape index (κ3) is 3.57. The Morgan fingerprint density at radius 3 is 2.57 bits per heavy atom. The van der Waals surface area contributed by atoms with Crippen LogP contribution >= 0.6 is 11.6 Å². The third-order valence-corrected chi connectivity index (χ3v) is 5.31. The van der Waals surface area contributed by atoms with Crippen molar-refractivity contribution in [1.82, 2.24) is 9.55 Å². The second kappa shape index (κ2) is 8.28. The Labute approximate surface area is 181 Å². The van der Waals surface area contributed by atoms with E-state index in [4.69, 9.17) is 26.1 Å². The van der Waals surface area contributed by atoms with Gasteiger partial charge in [0, 0.05) is 29.3 Å². The number of hydrogen-bond acceptors (Lipinski definition) is 4. The van der Waals surface area contributed by atoms with E-state index >= 15 is 0 Å². The molecule has 0 fully saturated rings. The van der Waals surface area contributed by atoms with Crippen LogP contribution in [0.5, 0.6) is 11.5 Å². The Hall–Kier alpha value is -3.18. The van der Waals surface area contributed by atoms with Crippen molar-refractivity contribution in [2.45, 2.75) is 13.8 Å². The smallest absolute Gasteiger partial charge is 0.208 e. The number of nitrogens with zero attached hydrogens (tertiary/aromatic N) is 2. The maximum absolute atomic E-state index is 6.19. The van der Waals surface area contributed by atoms with Gasteiger partial charge in [-0.05, 0) is 37.6 Å². The molecule has 5 nitrogen and oxygen atoms in total. The van der Waals surface area contributed by atoms with Gasteiger partial charge in [-0.2, -0.15) is 0 Å². The van der Waals surface area contributed by atoms with Crippen LogP contribution in [0, 0.1) is 6.92 Å². The number of halogens is 1. The van der Waals surface area contributed by atoms with Crippen molar-refractivity contribution in [3.8, 4) is 22.6 Å². The summed E-state index contributed by atoms with van der Waals surface area (Å²) >= 11 is 6.19. The molecule has 0 aliphatic carbocycles. The van der Waals surface area contributed by atoms with Crippen LogP contribution < -0.4 is 14.8 Å². The van der Waals surface area contributed by atoms with E-state index in [9.17, 15) is 0 Å². The Bertz CT molecular complexity index is 1220. The minimum Gasteiger partial charge on any atom is -0.495 e. The van der Waals surface area contributed by atoms with E-state index in [0.29, 0.717) is 17.4 Å². The van der Waals surface area contributed by atoms with E-state index in [-0.39, 0.29) is 0 Å². The maximum Gasteiger partial charge on any atom is 0.208 e. The number of aryl methyl sites for hydroxylation is 2. The van der Waals surface area contributed by atoms with Crippen molar-refractivity contribution in [1.29, 1.82) is 0 Å². The molecule has 6 heteroatoms. The standard InChI is InChI=1S/C24H24ClN3O2/c1-5-30-20-12-7-6-9-17(20)18-10-8-11-19-23(18)28(3)24(26-19)27-22-15(2)13-16(25)14-21(22)29-4/h6-14H,5H2,1-4H3,(H,26,27). The van der Waals surface area contributed by atoms with Crippen LogP contribution in [-0.2, 0) is 7.05 Å². The van der Waals surface area contributed by atoms with Crippen molar-refractivity contribution in [3.63, 3.8) is 0 Å². The molecular formula is C24H24ClN3O2. The van der Waals surface area contributed by atoms with E-state index in [1.54, 1.807) is 13.2 Å². The van der Waals surface area contributed by atoms with Crippen molar-refractivity contribution < 1.29 is 9.47 Å². The number of aromatic nitrogens is 2. The summed E-state index contributed by atoms with van der Waals surface area (Å²) in [6.07, 6.45) is 0. The molecule has 30 heavy (non-hydrogen) atoms. The summed E-state index contributed by atoms with van der Waals surface area (Å²) in [6.45, 7) is 4.59. The minimum absolute atomic E-state index is 0.612. The molecule has 4 rings (SSSR count). The molecule has 154 valence electrons. The van der Waals surface area contributed by atoms with Gasteiger partial charge in [-0.15, -0.1) is 0 Å². The topological polar surface area (TPSA) is 48.3 Å². The molecule has 0 unspecified atom stereocenters. The largest absolute Gasteiger partial charge is 0.495 e. The monoisotopic (exact) mass is 421 g/mol. The Kier molecular flexibility index (Phi) is 5.55. The van der Waals surface area contributed by atoms with Crippen molar-refractivity contribution >= 4 is 34.3 Å². The molecule has 0 spiro atoms. The summed E-state index contributed by atoms with van der Waals surface area (Å²) in [5, 5.41) is 4.07. The van der Waals surface area contributed by atoms with Crippen LogP contribution in [0.25, 0.3) is 22.2 Å². The highest BCUT2D eigenvalue weighted by Crippen LogP contribution is 2.38. The predicted octanol–water partition coefficient (Wildman–Crippen LogP) is 6.35. The molecule has 0 radical (unpaired) electrons. The Balaban J connectivity index is 1.85. The zero-order valence-corrected chi connectivity index (χ0v) is 18.2. The van der Waals surface area contributed by atoms with Gasteiger partial charge in [-0.25, -0.2) is 4.98 Å².